The van der Waals surface area contributed by atoms with Crippen LogP contribution in [0.1, 0.15) is 28.4 Å². The van der Waals surface area contributed by atoms with E-state index in [9.17, 15) is 14.9 Å². The molecule has 0 spiro atoms. The third-order valence-corrected chi connectivity index (χ3v) is 3.58. The fourth-order valence-corrected chi connectivity index (χ4v) is 2.42. The maximum Gasteiger partial charge on any atom is 0.270 e. The quantitative estimate of drug-likeness (QED) is 0.673. The third-order valence-electron chi connectivity index (χ3n) is 3.58. The Morgan fingerprint density at radius 1 is 1.30 bits per heavy atom. The minimum atomic E-state index is -0.433. The fourth-order valence-electron chi connectivity index (χ4n) is 2.42. The largest absolute Gasteiger partial charge is 0.496 e. The lowest BCUT2D eigenvalue weighted by atomic mass is 10.0. The zero-order valence-electron chi connectivity index (χ0n) is 13.3. The zero-order valence-corrected chi connectivity index (χ0v) is 13.3. The van der Waals surface area contributed by atoms with Gasteiger partial charge in [0.15, 0.2) is 0 Å². The number of carbonyl (C=O) groups excluding carboxylic acids is 1. The van der Waals surface area contributed by atoms with Crippen LogP contribution in [-0.2, 0) is 6.42 Å². The van der Waals surface area contributed by atoms with Crippen molar-refractivity contribution in [2.45, 2.75) is 20.3 Å². The van der Waals surface area contributed by atoms with Gasteiger partial charge in [-0.1, -0.05) is 19.1 Å². The molecule has 23 heavy (non-hydrogen) atoms. The summed E-state index contributed by atoms with van der Waals surface area (Å²) < 4.78 is 5.19. The van der Waals surface area contributed by atoms with Gasteiger partial charge in [-0.25, -0.2) is 0 Å². The van der Waals surface area contributed by atoms with E-state index in [-0.39, 0.29) is 11.6 Å². The standard InChI is InChI=1S/C17H18N2O4/c1-4-12-10-13(19(21)22)9-11(2)16(12)18-17(20)14-7-5-6-8-15(14)23-3/h5-10H,4H2,1-3H3,(H,18,20). The number of ether oxygens (including phenoxy) is 1. The number of para-hydroxylation sites is 1. The van der Waals surface area contributed by atoms with E-state index in [2.05, 4.69) is 5.32 Å². The Morgan fingerprint density at radius 2 is 2.00 bits per heavy atom. The molecule has 0 atom stereocenters. The molecule has 0 fully saturated rings. The lowest BCUT2D eigenvalue weighted by molar-refractivity contribution is -0.384. The molecule has 0 bridgehead atoms. The molecule has 6 nitrogen and oxygen atoms in total. The molecule has 1 amide bonds. The Bertz CT molecular complexity index is 756. The topological polar surface area (TPSA) is 81.5 Å². The number of benzene rings is 2. The van der Waals surface area contributed by atoms with Crippen molar-refractivity contribution in [2.75, 3.05) is 12.4 Å². The van der Waals surface area contributed by atoms with Crippen LogP contribution in [0, 0.1) is 17.0 Å². The molecule has 0 aromatic heterocycles. The minimum absolute atomic E-state index is 0.0228. The van der Waals surface area contributed by atoms with E-state index < -0.39 is 4.92 Å². The molecule has 2 aromatic carbocycles. The number of anilines is 1. The molecule has 1 N–H and O–H groups in total. The van der Waals surface area contributed by atoms with Gasteiger partial charge in [-0.3, -0.25) is 14.9 Å². The highest BCUT2D eigenvalue weighted by Gasteiger charge is 2.17. The maximum absolute atomic E-state index is 12.5. The molecule has 0 saturated carbocycles. The molecule has 2 aromatic rings. The van der Waals surface area contributed by atoms with Crippen molar-refractivity contribution in [2.24, 2.45) is 0 Å². The molecule has 0 aliphatic carbocycles. The monoisotopic (exact) mass is 314 g/mol. The number of nitrogens with zero attached hydrogens (tertiary/aromatic N) is 1. The van der Waals surface area contributed by atoms with Gasteiger partial charge in [0.05, 0.1) is 17.6 Å². The number of nitro benzene ring substituents is 1. The first-order valence-electron chi connectivity index (χ1n) is 7.20. The number of nitrogens with one attached hydrogen (secondary N) is 1. The summed E-state index contributed by atoms with van der Waals surface area (Å²) in [5, 5.41) is 13.8. The van der Waals surface area contributed by atoms with Crippen LogP contribution in [0.3, 0.4) is 0 Å². The van der Waals surface area contributed by atoms with Crippen LogP contribution in [0.2, 0.25) is 0 Å². The molecule has 0 saturated heterocycles. The summed E-state index contributed by atoms with van der Waals surface area (Å²) in [4.78, 5) is 23.0. The predicted octanol–water partition coefficient (Wildman–Crippen LogP) is 3.73. The number of amides is 1. The van der Waals surface area contributed by atoms with Gasteiger partial charge in [0, 0.05) is 17.8 Å². The Morgan fingerprint density at radius 3 is 2.61 bits per heavy atom. The summed E-state index contributed by atoms with van der Waals surface area (Å²) in [6.07, 6.45) is 0.573. The van der Waals surface area contributed by atoms with E-state index in [0.717, 1.165) is 5.56 Å². The second-order valence-corrected chi connectivity index (χ2v) is 5.06. The van der Waals surface area contributed by atoms with E-state index in [1.54, 1.807) is 31.2 Å². The van der Waals surface area contributed by atoms with Gasteiger partial charge in [0.25, 0.3) is 11.6 Å². The Balaban J connectivity index is 2.39. The molecule has 2 rings (SSSR count). The van der Waals surface area contributed by atoms with E-state index >= 15 is 0 Å². The molecule has 0 aliphatic heterocycles. The number of methoxy groups -OCH3 is 1. The summed E-state index contributed by atoms with van der Waals surface area (Å²) in [6, 6.07) is 9.85. The van der Waals surface area contributed by atoms with Gasteiger partial charge < -0.3 is 10.1 Å². The summed E-state index contributed by atoms with van der Waals surface area (Å²) >= 11 is 0. The smallest absolute Gasteiger partial charge is 0.270 e. The van der Waals surface area contributed by atoms with Crippen molar-refractivity contribution in [1.82, 2.24) is 0 Å². The number of aryl methyl sites for hydroxylation is 2. The number of nitro groups is 1. The van der Waals surface area contributed by atoms with Crippen molar-refractivity contribution in [3.63, 3.8) is 0 Å². The highest BCUT2D eigenvalue weighted by Crippen LogP contribution is 2.28. The second-order valence-electron chi connectivity index (χ2n) is 5.06. The van der Waals surface area contributed by atoms with Crippen LogP contribution in [0.5, 0.6) is 5.75 Å². The van der Waals surface area contributed by atoms with E-state index in [4.69, 9.17) is 4.74 Å². The molecule has 0 heterocycles. The lowest BCUT2D eigenvalue weighted by Gasteiger charge is -2.14. The number of non-ortho nitro benzene ring substituents is 1. The van der Waals surface area contributed by atoms with Crippen molar-refractivity contribution >= 4 is 17.3 Å². The van der Waals surface area contributed by atoms with Crippen LogP contribution in [-0.4, -0.2) is 17.9 Å². The van der Waals surface area contributed by atoms with Crippen molar-refractivity contribution in [3.8, 4) is 5.75 Å². The average Bonchev–Trinajstić information content (AvgIpc) is 2.55. The van der Waals surface area contributed by atoms with Crippen molar-refractivity contribution in [1.29, 1.82) is 0 Å². The number of hydrogen-bond acceptors (Lipinski definition) is 4. The SMILES string of the molecule is CCc1cc([N+](=O)[O-])cc(C)c1NC(=O)c1ccccc1OC. The maximum atomic E-state index is 12.5. The first-order chi connectivity index (χ1) is 11.0. The first-order valence-corrected chi connectivity index (χ1v) is 7.20. The fraction of sp³-hybridized carbons (Fsp3) is 0.235. The molecular formula is C17H18N2O4. The van der Waals surface area contributed by atoms with Gasteiger partial charge in [-0.2, -0.15) is 0 Å². The van der Waals surface area contributed by atoms with E-state index in [0.29, 0.717) is 29.0 Å². The summed E-state index contributed by atoms with van der Waals surface area (Å²) in [5.74, 6) is 0.164. The molecule has 0 unspecified atom stereocenters. The van der Waals surface area contributed by atoms with Crippen LogP contribution in [0.25, 0.3) is 0 Å². The zero-order chi connectivity index (χ0) is 17.0. The second kappa shape index (κ2) is 6.91. The first kappa shape index (κ1) is 16.5. The Kier molecular flexibility index (Phi) is 4.95. The highest BCUT2D eigenvalue weighted by molar-refractivity contribution is 6.07. The van der Waals surface area contributed by atoms with E-state index in [1.807, 2.05) is 6.92 Å². The van der Waals surface area contributed by atoms with Gasteiger partial charge in [0.1, 0.15) is 5.75 Å². The van der Waals surface area contributed by atoms with Crippen LogP contribution in [0.4, 0.5) is 11.4 Å². The third kappa shape index (κ3) is 3.48. The Hall–Kier alpha value is -2.89. The van der Waals surface area contributed by atoms with Gasteiger partial charge >= 0.3 is 0 Å². The van der Waals surface area contributed by atoms with Crippen LogP contribution < -0.4 is 10.1 Å². The normalized spacial score (nSPS) is 10.2. The van der Waals surface area contributed by atoms with Gasteiger partial charge in [0.2, 0.25) is 0 Å². The molecule has 120 valence electrons. The Labute approximate surface area is 134 Å². The summed E-state index contributed by atoms with van der Waals surface area (Å²) in [7, 11) is 1.50. The molecule has 0 radical (unpaired) electrons. The number of rotatable bonds is 5. The predicted molar refractivity (Wildman–Crippen MR) is 88.2 cm³/mol. The number of hydrogen-bond donors (Lipinski definition) is 1. The number of carbonyl (C=O) groups is 1. The van der Waals surface area contributed by atoms with Crippen molar-refractivity contribution < 1.29 is 14.5 Å². The van der Waals surface area contributed by atoms with Crippen molar-refractivity contribution in [3.05, 3.63) is 63.2 Å². The van der Waals surface area contributed by atoms with Crippen LogP contribution in [0.15, 0.2) is 36.4 Å². The highest BCUT2D eigenvalue weighted by atomic mass is 16.6. The van der Waals surface area contributed by atoms with Gasteiger partial charge in [-0.15, -0.1) is 0 Å². The molecular weight excluding hydrogens is 296 g/mol. The minimum Gasteiger partial charge on any atom is -0.496 e. The van der Waals surface area contributed by atoms with Gasteiger partial charge in [-0.05, 0) is 36.6 Å². The lowest BCUT2D eigenvalue weighted by Crippen LogP contribution is -2.15. The molecule has 0 aliphatic rings. The summed E-state index contributed by atoms with van der Waals surface area (Å²) in [6.45, 7) is 3.63. The molecule has 6 heteroatoms. The average molecular weight is 314 g/mol. The summed E-state index contributed by atoms with van der Waals surface area (Å²) in [5.41, 5.74) is 2.41. The van der Waals surface area contributed by atoms with E-state index in [1.165, 1.54) is 19.2 Å². The van der Waals surface area contributed by atoms with Crippen LogP contribution >= 0.6 is 0 Å².